The highest BCUT2D eigenvalue weighted by Crippen LogP contribution is 2.23. The monoisotopic (exact) mass is 364 g/mol. The number of benzene rings is 2. The zero-order valence-electron chi connectivity index (χ0n) is 15.5. The van der Waals surface area contributed by atoms with Gasteiger partial charge in [0.25, 0.3) is 0 Å². The second-order valence-electron chi connectivity index (χ2n) is 6.97. The molecule has 3 aromatic rings. The highest BCUT2D eigenvalue weighted by atomic mass is 16.5. The molecule has 0 radical (unpaired) electrons. The fraction of sp³-hybridized carbons (Fsp3) is 0.333. The van der Waals surface area contributed by atoms with Gasteiger partial charge in [-0.1, -0.05) is 12.1 Å². The lowest BCUT2D eigenvalue weighted by Gasteiger charge is -2.32. The molecule has 0 atom stereocenters. The Hall–Kier alpha value is -3.02. The number of likely N-dealkylation sites (tertiary alicyclic amines) is 1. The number of carbonyl (C=O) groups excluding carboxylic acids is 1. The van der Waals surface area contributed by atoms with Crippen molar-refractivity contribution >= 4 is 22.8 Å². The number of piperidine rings is 1. The topological polar surface area (TPSA) is 59.4 Å². The van der Waals surface area contributed by atoms with Gasteiger partial charge in [-0.05, 0) is 55.2 Å². The number of hydrogen-bond acceptors (Lipinski definition) is 3. The third-order valence-electron chi connectivity index (χ3n) is 5.23. The van der Waals surface area contributed by atoms with Crippen molar-refractivity contribution in [2.75, 3.05) is 25.5 Å². The fourth-order valence-corrected chi connectivity index (χ4v) is 3.63. The van der Waals surface area contributed by atoms with Gasteiger partial charge < -0.3 is 19.5 Å². The maximum atomic E-state index is 12.5. The summed E-state index contributed by atoms with van der Waals surface area (Å²) in [5.41, 5.74) is 3.00. The van der Waals surface area contributed by atoms with Gasteiger partial charge in [0.2, 0.25) is 0 Å². The SMILES string of the molecule is COc1ccc(NC(=O)N2CCC(Cn3cnc4ccccc43)CC2)cc1. The van der Waals surface area contributed by atoms with E-state index in [9.17, 15) is 4.79 Å². The molecule has 1 aromatic heterocycles. The van der Waals surface area contributed by atoms with Crippen molar-refractivity contribution in [3.05, 3.63) is 54.9 Å². The van der Waals surface area contributed by atoms with Gasteiger partial charge in [0.05, 0.1) is 24.5 Å². The third-order valence-corrected chi connectivity index (χ3v) is 5.23. The van der Waals surface area contributed by atoms with Gasteiger partial charge in [0.15, 0.2) is 0 Å². The van der Waals surface area contributed by atoms with Crippen LogP contribution in [0.2, 0.25) is 0 Å². The Morgan fingerprint density at radius 3 is 2.63 bits per heavy atom. The Morgan fingerprint density at radius 1 is 1.15 bits per heavy atom. The number of nitrogens with zero attached hydrogens (tertiary/aromatic N) is 3. The van der Waals surface area contributed by atoms with Gasteiger partial charge >= 0.3 is 6.03 Å². The standard InChI is InChI=1S/C21H24N4O2/c1-27-18-8-6-17(7-9-18)23-21(26)24-12-10-16(11-13-24)14-25-15-22-19-4-2-3-5-20(19)25/h2-9,15-16H,10-14H2,1H3,(H,23,26). The Balaban J connectivity index is 1.31. The maximum Gasteiger partial charge on any atom is 0.321 e. The molecule has 1 N–H and O–H groups in total. The van der Waals surface area contributed by atoms with E-state index in [4.69, 9.17) is 4.74 Å². The van der Waals surface area contributed by atoms with Crippen LogP contribution in [0.5, 0.6) is 5.75 Å². The number of methoxy groups -OCH3 is 1. The quantitative estimate of drug-likeness (QED) is 0.761. The molecule has 0 unspecified atom stereocenters. The van der Waals surface area contributed by atoms with Gasteiger partial charge in [-0.2, -0.15) is 0 Å². The number of fused-ring (bicyclic) bond motifs is 1. The summed E-state index contributed by atoms with van der Waals surface area (Å²) in [6, 6.07) is 15.6. The molecule has 1 fully saturated rings. The number of imidazole rings is 1. The largest absolute Gasteiger partial charge is 0.497 e. The maximum absolute atomic E-state index is 12.5. The van der Waals surface area contributed by atoms with Crippen molar-refractivity contribution in [1.82, 2.24) is 14.5 Å². The average Bonchev–Trinajstić information content (AvgIpc) is 3.12. The molecule has 27 heavy (non-hydrogen) atoms. The smallest absolute Gasteiger partial charge is 0.321 e. The van der Waals surface area contributed by atoms with Crippen molar-refractivity contribution in [1.29, 1.82) is 0 Å². The summed E-state index contributed by atoms with van der Waals surface area (Å²) in [7, 11) is 1.63. The van der Waals surface area contributed by atoms with Crippen molar-refractivity contribution in [2.45, 2.75) is 19.4 Å². The van der Waals surface area contributed by atoms with Crippen LogP contribution in [0.3, 0.4) is 0 Å². The number of amides is 2. The molecular weight excluding hydrogens is 340 g/mol. The number of rotatable bonds is 4. The third kappa shape index (κ3) is 3.89. The van der Waals surface area contributed by atoms with Crippen LogP contribution in [0.1, 0.15) is 12.8 Å². The highest BCUT2D eigenvalue weighted by molar-refractivity contribution is 5.89. The van der Waals surface area contributed by atoms with Gasteiger partial charge in [-0.3, -0.25) is 0 Å². The zero-order chi connectivity index (χ0) is 18.6. The molecule has 0 bridgehead atoms. The number of hydrogen-bond donors (Lipinski definition) is 1. The fourth-order valence-electron chi connectivity index (χ4n) is 3.63. The zero-order valence-corrected chi connectivity index (χ0v) is 15.5. The van der Waals surface area contributed by atoms with E-state index in [1.165, 1.54) is 5.52 Å². The van der Waals surface area contributed by atoms with Crippen LogP contribution >= 0.6 is 0 Å². The minimum absolute atomic E-state index is 0.0355. The second kappa shape index (κ2) is 7.70. The minimum Gasteiger partial charge on any atom is -0.497 e. The first-order valence-electron chi connectivity index (χ1n) is 9.33. The molecule has 1 aliphatic rings. The first-order chi connectivity index (χ1) is 13.2. The molecule has 2 heterocycles. The van der Waals surface area contributed by atoms with Crippen LogP contribution in [0, 0.1) is 5.92 Å². The molecule has 0 spiro atoms. The van der Waals surface area contributed by atoms with Gasteiger partial charge in [-0.25, -0.2) is 9.78 Å². The van der Waals surface area contributed by atoms with E-state index in [0.29, 0.717) is 5.92 Å². The minimum atomic E-state index is -0.0355. The lowest BCUT2D eigenvalue weighted by Crippen LogP contribution is -2.41. The Labute approximate surface area is 158 Å². The van der Waals surface area contributed by atoms with E-state index in [2.05, 4.69) is 20.9 Å². The second-order valence-corrected chi connectivity index (χ2v) is 6.97. The van der Waals surface area contributed by atoms with Crippen LogP contribution in [0.15, 0.2) is 54.9 Å². The van der Waals surface area contributed by atoms with Crippen LogP contribution in [-0.2, 0) is 6.54 Å². The summed E-state index contributed by atoms with van der Waals surface area (Å²) in [5.74, 6) is 1.34. The van der Waals surface area contributed by atoms with E-state index in [1.807, 2.05) is 53.7 Å². The molecule has 140 valence electrons. The van der Waals surface area contributed by atoms with Gasteiger partial charge in [-0.15, -0.1) is 0 Å². The number of nitrogens with one attached hydrogen (secondary N) is 1. The Morgan fingerprint density at radius 2 is 1.89 bits per heavy atom. The van der Waals surface area contributed by atoms with E-state index < -0.39 is 0 Å². The van der Waals surface area contributed by atoms with Crippen molar-refractivity contribution < 1.29 is 9.53 Å². The number of carbonyl (C=O) groups is 1. The van der Waals surface area contributed by atoms with E-state index in [1.54, 1.807) is 7.11 Å². The molecule has 0 aliphatic carbocycles. The predicted octanol–water partition coefficient (Wildman–Crippen LogP) is 3.99. The lowest BCUT2D eigenvalue weighted by molar-refractivity contribution is 0.177. The van der Waals surface area contributed by atoms with E-state index >= 15 is 0 Å². The van der Waals surface area contributed by atoms with E-state index in [0.717, 1.165) is 49.4 Å². The highest BCUT2D eigenvalue weighted by Gasteiger charge is 2.23. The number of ether oxygens (including phenoxy) is 1. The Kier molecular flexibility index (Phi) is 4.96. The molecule has 4 rings (SSSR count). The van der Waals surface area contributed by atoms with E-state index in [-0.39, 0.29) is 6.03 Å². The number of para-hydroxylation sites is 2. The summed E-state index contributed by atoms with van der Waals surface area (Å²) in [5, 5.41) is 2.96. The Bertz CT molecular complexity index is 911. The normalized spacial score (nSPS) is 15.1. The summed E-state index contributed by atoms with van der Waals surface area (Å²) in [6.45, 7) is 2.51. The summed E-state index contributed by atoms with van der Waals surface area (Å²) < 4.78 is 7.37. The lowest BCUT2D eigenvalue weighted by atomic mass is 9.97. The number of urea groups is 1. The van der Waals surface area contributed by atoms with Crippen molar-refractivity contribution in [3.63, 3.8) is 0 Å². The predicted molar refractivity (Wildman–Crippen MR) is 106 cm³/mol. The molecule has 1 aliphatic heterocycles. The van der Waals surface area contributed by atoms with Gasteiger partial charge in [0, 0.05) is 25.3 Å². The molecule has 6 heteroatoms. The molecule has 2 amide bonds. The van der Waals surface area contributed by atoms with Crippen LogP contribution in [0.4, 0.5) is 10.5 Å². The van der Waals surface area contributed by atoms with Crippen molar-refractivity contribution in [2.24, 2.45) is 5.92 Å². The molecule has 6 nitrogen and oxygen atoms in total. The number of anilines is 1. The summed E-state index contributed by atoms with van der Waals surface area (Å²) in [4.78, 5) is 18.9. The van der Waals surface area contributed by atoms with Crippen LogP contribution in [0.25, 0.3) is 11.0 Å². The average molecular weight is 364 g/mol. The first-order valence-corrected chi connectivity index (χ1v) is 9.33. The molecule has 2 aromatic carbocycles. The van der Waals surface area contributed by atoms with Crippen LogP contribution in [-0.4, -0.2) is 40.7 Å². The molecular formula is C21H24N4O2. The van der Waals surface area contributed by atoms with Crippen LogP contribution < -0.4 is 10.1 Å². The summed E-state index contributed by atoms with van der Waals surface area (Å²) in [6.07, 6.45) is 3.93. The molecule has 0 saturated carbocycles. The van der Waals surface area contributed by atoms with Crippen molar-refractivity contribution in [3.8, 4) is 5.75 Å². The number of aromatic nitrogens is 2. The first kappa shape index (κ1) is 17.4. The summed E-state index contributed by atoms with van der Waals surface area (Å²) >= 11 is 0. The van der Waals surface area contributed by atoms with Gasteiger partial charge in [0.1, 0.15) is 5.75 Å². The molecule has 1 saturated heterocycles.